The van der Waals surface area contributed by atoms with Crippen molar-refractivity contribution in [1.82, 2.24) is 10.2 Å². The molecule has 3 nitrogen and oxygen atoms in total. The van der Waals surface area contributed by atoms with Crippen LogP contribution in [0.5, 0.6) is 0 Å². The highest BCUT2D eigenvalue weighted by molar-refractivity contribution is 14.0. The van der Waals surface area contributed by atoms with E-state index in [1.165, 1.54) is 51.2 Å². The number of nitrogens with one attached hydrogen (secondary N) is 1. The summed E-state index contributed by atoms with van der Waals surface area (Å²) < 4.78 is 0. The molecule has 0 radical (unpaired) electrons. The number of nitrogens with zero attached hydrogens (tertiary/aromatic N) is 2. The molecule has 136 valence electrons. The summed E-state index contributed by atoms with van der Waals surface area (Å²) in [4.78, 5) is 7.60. The predicted octanol–water partition coefficient (Wildman–Crippen LogP) is 4.03. The van der Waals surface area contributed by atoms with Crippen LogP contribution in [0.4, 0.5) is 0 Å². The van der Waals surface area contributed by atoms with Gasteiger partial charge in [-0.05, 0) is 66.9 Å². The first-order valence-corrected chi connectivity index (χ1v) is 9.91. The molecule has 25 heavy (non-hydrogen) atoms. The summed E-state index contributed by atoms with van der Waals surface area (Å²) in [6.45, 7) is 6.61. The average molecular weight is 451 g/mol. The van der Waals surface area contributed by atoms with Crippen LogP contribution in [0.2, 0.25) is 0 Å². The van der Waals surface area contributed by atoms with Crippen LogP contribution >= 0.6 is 24.0 Å². The molecule has 1 aromatic carbocycles. The largest absolute Gasteiger partial charge is 0.357 e. The first-order valence-electron chi connectivity index (χ1n) is 9.91. The van der Waals surface area contributed by atoms with Gasteiger partial charge in [-0.2, -0.15) is 0 Å². The topological polar surface area (TPSA) is 27.6 Å². The molecular formula is C21H30IN3. The third-order valence-corrected chi connectivity index (χ3v) is 7.14. The molecule has 4 aliphatic rings. The first-order chi connectivity index (χ1) is 11.8. The van der Waals surface area contributed by atoms with Crippen molar-refractivity contribution in [3.63, 3.8) is 0 Å². The minimum atomic E-state index is 0. The zero-order valence-electron chi connectivity index (χ0n) is 15.2. The maximum Gasteiger partial charge on any atom is 0.193 e. The van der Waals surface area contributed by atoms with Gasteiger partial charge < -0.3 is 10.2 Å². The maximum atomic E-state index is 5.07. The van der Waals surface area contributed by atoms with Crippen LogP contribution in [0, 0.1) is 17.3 Å². The summed E-state index contributed by atoms with van der Waals surface area (Å²) in [6, 6.07) is 9.04. The van der Waals surface area contributed by atoms with Crippen LogP contribution in [-0.2, 0) is 6.42 Å². The Labute approximate surface area is 168 Å². The fourth-order valence-corrected chi connectivity index (χ4v) is 5.55. The zero-order chi connectivity index (χ0) is 16.1. The molecule has 1 N–H and O–H groups in total. The van der Waals surface area contributed by atoms with Crippen molar-refractivity contribution in [3.8, 4) is 0 Å². The molecule has 0 aromatic heterocycles. The maximum absolute atomic E-state index is 5.07. The van der Waals surface area contributed by atoms with Crippen molar-refractivity contribution in [2.45, 2.75) is 44.9 Å². The smallest absolute Gasteiger partial charge is 0.193 e. The van der Waals surface area contributed by atoms with E-state index in [1.54, 1.807) is 11.1 Å². The number of likely N-dealkylation sites (tertiary alicyclic amines) is 1. The van der Waals surface area contributed by atoms with Crippen LogP contribution in [0.15, 0.2) is 29.3 Å². The van der Waals surface area contributed by atoms with Gasteiger partial charge in [-0.3, -0.25) is 4.99 Å². The molecule has 3 fully saturated rings. The average Bonchev–Trinajstić information content (AvgIpc) is 2.95. The number of rotatable bonds is 3. The lowest BCUT2D eigenvalue weighted by molar-refractivity contribution is 0.151. The third-order valence-electron chi connectivity index (χ3n) is 7.14. The second-order valence-corrected chi connectivity index (χ2v) is 8.48. The number of aliphatic imine (C=N–C) groups is 1. The van der Waals surface area contributed by atoms with Gasteiger partial charge in [0, 0.05) is 26.2 Å². The van der Waals surface area contributed by atoms with E-state index >= 15 is 0 Å². The van der Waals surface area contributed by atoms with E-state index in [0.717, 1.165) is 30.8 Å². The number of benzene rings is 1. The lowest BCUT2D eigenvalue weighted by atomic mass is 9.68. The van der Waals surface area contributed by atoms with Gasteiger partial charge in [0.1, 0.15) is 0 Å². The first kappa shape index (κ1) is 17.6. The molecule has 1 heterocycles. The molecule has 4 heteroatoms. The molecule has 1 spiro atoms. The lowest BCUT2D eigenvalue weighted by Gasteiger charge is -2.38. The summed E-state index contributed by atoms with van der Waals surface area (Å²) >= 11 is 0. The Morgan fingerprint density at radius 3 is 2.84 bits per heavy atom. The van der Waals surface area contributed by atoms with Crippen molar-refractivity contribution in [2.75, 3.05) is 26.2 Å². The number of guanidine groups is 1. The van der Waals surface area contributed by atoms with E-state index in [-0.39, 0.29) is 24.0 Å². The van der Waals surface area contributed by atoms with Gasteiger partial charge in [0.2, 0.25) is 0 Å². The number of fused-ring (bicyclic) bond motifs is 3. The zero-order valence-corrected chi connectivity index (χ0v) is 17.5. The Bertz CT molecular complexity index is 667. The molecule has 3 atom stereocenters. The van der Waals surface area contributed by atoms with Crippen LogP contribution in [-0.4, -0.2) is 37.0 Å². The Kier molecular flexibility index (Phi) is 4.76. The summed E-state index contributed by atoms with van der Waals surface area (Å²) in [5, 5.41) is 3.55. The molecule has 3 aliphatic carbocycles. The van der Waals surface area contributed by atoms with Gasteiger partial charge in [0.25, 0.3) is 0 Å². The second kappa shape index (κ2) is 6.75. The van der Waals surface area contributed by atoms with Crippen molar-refractivity contribution in [2.24, 2.45) is 22.2 Å². The Hall–Kier alpha value is -0.780. The molecule has 0 bridgehead atoms. The molecular weight excluding hydrogens is 421 g/mol. The van der Waals surface area contributed by atoms with Gasteiger partial charge in [0.15, 0.2) is 5.96 Å². The summed E-state index contributed by atoms with van der Waals surface area (Å²) in [7, 11) is 0. The monoisotopic (exact) mass is 451 g/mol. The number of hydrogen-bond acceptors (Lipinski definition) is 1. The molecule has 5 rings (SSSR count). The van der Waals surface area contributed by atoms with Gasteiger partial charge in [-0.15, -0.1) is 24.0 Å². The normalized spacial score (nSPS) is 31.2. The number of halogens is 1. The van der Waals surface area contributed by atoms with E-state index < -0.39 is 0 Å². The summed E-state index contributed by atoms with van der Waals surface area (Å²) in [5.74, 6) is 3.63. The Morgan fingerprint density at radius 1 is 1.28 bits per heavy atom. The molecule has 1 saturated heterocycles. The minimum Gasteiger partial charge on any atom is -0.357 e. The van der Waals surface area contributed by atoms with Gasteiger partial charge >= 0.3 is 0 Å². The second-order valence-electron chi connectivity index (χ2n) is 8.48. The van der Waals surface area contributed by atoms with Gasteiger partial charge in [-0.1, -0.05) is 30.7 Å². The van der Waals surface area contributed by atoms with Crippen LogP contribution in [0.25, 0.3) is 0 Å². The van der Waals surface area contributed by atoms with Gasteiger partial charge in [0.05, 0.1) is 0 Å². The highest BCUT2D eigenvalue weighted by Crippen LogP contribution is 2.61. The Balaban J connectivity index is 0.00000157. The van der Waals surface area contributed by atoms with E-state index in [2.05, 4.69) is 41.4 Å². The third kappa shape index (κ3) is 2.98. The van der Waals surface area contributed by atoms with Crippen LogP contribution in [0.3, 0.4) is 0 Å². The van der Waals surface area contributed by atoms with Crippen molar-refractivity contribution < 1.29 is 0 Å². The fourth-order valence-electron chi connectivity index (χ4n) is 5.55. The molecule has 1 aromatic rings. The van der Waals surface area contributed by atoms with Gasteiger partial charge in [-0.25, -0.2) is 0 Å². The molecule has 1 aliphatic heterocycles. The van der Waals surface area contributed by atoms with Crippen LogP contribution in [0.1, 0.15) is 49.7 Å². The highest BCUT2D eigenvalue weighted by atomic mass is 127. The predicted molar refractivity (Wildman–Crippen MR) is 114 cm³/mol. The molecule has 0 amide bonds. The summed E-state index contributed by atoms with van der Waals surface area (Å²) in [5.41, 5.74) is 3.85. The fraction of sp³-hybridized carbons (Fsp3) is 0.667. The van der Waals surface area contributed by atoms with E-state index in [9.17, 15) is 0 Å². The Morgan fingerprint density at radius 2 is 2.12 bits per heavy atom. The van der Waals surface area contributed by atoms with Crippen LogP contribution < -0.4 is 5.32 Å². The SMILES string of the molecule is CCNC(=NCC1C2Cc3ccccc3C12)N1CCC2(CCC2)C1.I. The number of hydrogen-bond donors (Lipinski definition) is 1. The molecule has 3 unspecified atom stereocenters. The quantitative estimate of drug-likeness (QED) is 0.427. The molecule has 2 saturated carbocycles. The highest BCUT2D eigenvalue weighted by Gasteiger charge is 2.55. The standard InChI is InChI=1S/C21H29N3.HI/c1-2-22-20(24-11-10-21(14-24)8-5-9-21)23-13-18-17-12-15-6-3-4-7-16(15)19(17)18;/h3-4,6-7,17-19H,2,5,8-14H2,1H3,(H,22,23);1H. The van der Waals surface area contributed by atoms with E-state index in [4.69, 9.17) is 4.99 Å². The lowest BCUT2D eigenvalue weighted by Crippen LogP contribution is -2.42. The van der Waals surface area contributed by atoms with E-state index in [0.29, 0.717) is 5.41 Å². The van der Waals surface area contributed by atoms with Crippen molar-refractivity contribution in [1.29, 1.82) is 0 Å². The van der Waals surface area contributed by atoms with Crippen molar-refractivity contribution in [3.05, 3.63) is 35.4 Å². The summed E-state index contributed by atoms with van der Waals surface area (Å²) in [6.07, 6.45) is 6.97. The van der Waals surface area contributed by atoms with E-state index in [1.807, 2.05) is 0 Å². The minimum absolute atomic E-state index is 0. The van der Waals surface area contributed by atoms with Crippen molar-refractivity contribution >= 4 is 29.9 Å².